The Morgan fingerprint density at radius 2 is 2.00 bits per heavy atom. The van der Waals surface area contributed by atoms with Gasteiger partial charge in [0.1, 0.15) is 0 Å². The van der Waals surface area contributed by atoms with Gasteiger partial charge in [0.15, 0.2) is 5.78 Å². The van der Waals surface area contributed by atoms with Crippen LogP contribution in [0.2, 0.25) is 0 Å². The van der Waals surface area contributed by atoms with Crippen LogP contribution in [-0.4, -0.2) is 12.3 Å². The second-order valence-corrected chi connectivity index (χ2v) is 4.76. The van der Waals surface area contributed by atoms with Gasteiger partial charge in [0.05, 0.1) is 6.54 Å². The van der Waals surface area contributed by atoms with Crippen molar-refractivity contribution in [3.63, 3.8) is 0 Å². The lowest BCUT2D eigenvalue weighted by Crippen LogP contribution is -2.18. The van der Waals surface area contributed by atoms with Crippen molar-refractivity contribution >= 4 is 5.78 Å². The van der Waals surface area contributed by atoms with Crippen molar-refractivity contribution < 1.29 is 4.79 Å². The van der Waals surface area contributed by atoms with Crippen molar-refractivity contribution in [1.82, 2.24) is 0 Å². The second kappa shape index (κ2) is 4.09. The fourth-order valence-electron chi connectivity index (χ4n) is 1.63. The van der Waals surface area contributed by atoms with Gasteiger partial charge in [-0.2, -0.15) is 0 Å². The Labute approximate surface area is 85.9 Å². The van der Waals surface area contributed by atoms with Crippen molar-refractivity contribution in [3.05, 3.63) is 23.3 Å². The summed E-state index contributed by atoms with van der Waals surface area (Å²) in [5.74, 6) is 0.0780. The number of nitrogens with two attached hydrogens (primary N) is 1. The number of carbonyl (C=O) groups excluding carboxylic acids is 1. The monoisotopic (exact) mass is 193 g/mol. The minimum Gasteiger partial charge on any atom is -0.324 e. The highest BCUT2D eigenvalue weighted by atomic mass is 16.1. The normalized spacial score (nSPS) is 17.4. The average molecular weight is 193 g/mol. The summed E-state index contributed by atoms with van der Waals surface area (Å²) in [5, 5.41) is 0. The van der Waals surface area contributed by atoms with Crippen LogP contribution < -0.4 is 5.73 Å². The molecule has 78 valence electrons. The van der Waals surface area contributed by atoms with Gasteiger partial charge in [-0.3, -0.25) is 4.79 Å². The molecule has 0 aliphatic heterocycles. The first-order valence-corrected chi connectivity index (χ1v) is 5.08. The summed E-state index contributed by atoms with van der Waals surface area (Å²) in [5.41, 5.74) is 7.81. The highest BCUT2D eigenvalue weighted by Crippen LogP contribution is 2.32. The molecule has 14 heavy (non-hydrogen) atoms. The smallest absolute Gasteiger partial charge is 0.172 e. The summed E-state index contributed by atoms with van der Waals surface area (Å²) < 4.78 is 0. The zero-order chi connectivity index (χ0) is 10.8. The minimum atomic E-state index is 0.0780. The summed E-state index contributed by atoms with van der Waals surface area (Å²) in [4.78, 5) is 11.3. The molecule has 0 heterocycles. The molecule has 0 aromatic rings. The highest BCUT2D eigenvalue weighted by Gasteiger charge is 2.20. The maximum absolute atomic E-state index is 11.3. The topological polar surface area (TPSA) is 43.1 Å². The summed E-state index contributed by atoms with van der Waals surface area (Å²) in [6.07, 6.45) is 5.84. The van der Waals surface area contributed by atoms with Crippen LogP contribution in [0.25, 0.3) is 0 Å². The lowest BCUT2D eigenvalue weighted by atomic mass is 9.80. The van der Waals surface area contributed by atoms with Gasteiger partial charge in [-0.05, 0) is 23.8 Å². The van der Waals surface area contributed by atoms with Gasteiger partial charge >= 0.3 is 0 Å². The maximum Gasteiger partial charge on any atom is 0.172 e. The highest BCUT2D eigenvalue weighted by molar-refractivity contribution is 5.97. The van der Waals surface area contributed by atoms with Crippen LogP contribution in [0, 0.1) is 5.41 Å². The predicted molar refractivity (Wildman–Crippen MR) is 58.9 cm³/mol. The SMILES string of the molecule is CC(C)(C)C1=CC=C(C(=O)CN)CC1. The van der Waals surface area contributed by atoms with Crippen LogP contribution >= 0.6 is 0 Å². The minimum absolute atomic E-state index is 0.0780. The second-order valence-electron chi connectivity index (χ2n) is 4.76. The molecular weight excluding hydrogens is 174 g/mol. The number of ketones is 1. The third-order valence-electron chi connectivity index (χ3n) is 2.66. The summed E-state index contributed by atoms with van der Waals surface area (Å²) in [6, 6.07) is 0. The van der Waals surface area contributed by atoms with Gasteiger partial charge in [-0.1, -0.05) is 38.5 Å². The molecule has 0 spiro atoms. The van der Waals surface area contributed by atoms with Gasteiger partial charge < -0.3 is 5.73 Å². The van der Waals surface area contributed by atoms with Gasteiger partial charge in [0.2, 0.25) is 0 Å². The molecule has 0 aromatic carbocycles. The number of hydrogen-bond donors (Lipinski definition) is 1. The Hall–Kier alpha value is -0.890. The summed E-state index contributed by atoms with van der Waals surface area (Å²) in [6.45, 7) is 6.72. The van der Waals surface area contributed by atoms with Gasteiger partial charge in [0, 0.05) is 0 Å². The average Bonchev–Trinajstić information content (AvgIpc) is 2.15. The largest absolute Gasteiger partial charge is 0.324 e. The molecule has 0 radical (unpaired) electrons. The van der Waals surface area contributed by atoms with E-state index in [1.54, 1.807) is 0 Å². The first-order chi connectivity index (χ1) is 6.45. The van der Waals surface area contributed by atoms with Crippen LogP contribution in [-0.2, 0) is 4.79 Å². The molecule has 1 aliphatic carbocycles. The Bertz CT molecular complexity index is 292. The fraction of sp³-hybridized carbons (Fsp3) is 0.583. The molecule has 1 aliphatic rings. The van der Waals surface area contributed by atoms with E-state index in [2.05, 4.69) is 26.8 Å². The molecule has 2 nitrogen and oxygen atoms in total. The van der Waals surface area contributed by atoms with E-state index in [0.29, 0.717) is 0 Å². The lowest BCUT2D eigenvalue weighted by Gasteiger charge is -2.25. The molecular formula is C12H19NO. The molecule has 2 heteroatoms. The van der Waals surface area contributed by atoms with Gasteiger partial charge in [-0.25, -0.2) is 0 Å². The van der Waals surface area contributed by atoms with E-state index in [1.807, 2.05) is 6.08 Å². The van der Waals surface area contributed by atoms with Crippen molar-refractivity contribution in [2.75, 3.05) is 6.54 Å². The Balaban J connectivity index is 2.79. The van der Waals surface area contributed by atoms with Crippen molar-refractivity contribution in [1.29, 1.82) is 0 Å². The van der Waals surface area contributed by atoms with E-state index >= 15 is 0 Å². The van der Waals surface area contributed by atoms with Gasteiger partial charge in [0.25, 0.3) is 0 Å². The standard InChI is InChI=1S/C12H19NO/c1-12(2,3)10-6-4-9(5-7-10)11(14)8-13/h4,6H,5,7-8,13H2,1-3H3. The van der Waals surface area contributed by atoms with Crippen LogP contribution in [0.3, 0.4) is 0 Å². The predicted octanol–water partition coefficient (Wildman–Crippen LogP) is 2.21. The molecule has 2 N–H and O–H groups in total. The van der Waals surface area contributed by atoms with E-state index in [0.717, 1.165) is 18.4 Å². The zero-order valence-electron chi connectivity index (χ0n) is 9.26. The van der Waals surface area contributed by atoms with Gasteiger partial charge in [-0.15, -0.1) is 0 Å². The lowest BCUT2D eigenvalue weighted by molar-refractivity contribution is -0.114. The first-order valence-electron chi connectivity index (χ1n) is 5.08. The van der Waals surface area contributed by atoms with E-state index in [9.17, 15) is 4.79 Å². The Kier molecular flexibility index (Phi) is 3.27. The molecule has 0 saturated carbocycles. The third-order valence-corrected chi connectivity index (χ3v) is 2.66. The number of rotatable bonds is 2. The van der Waals surface area contributed by atoms with E-state index in [4.69, 9.17) is 5.73 Å². The van der Waals surface area contributed by atoms with Crippen LogP contribution in [0.1, 0.15) is 33.6 Å². The van der Waals surface area contributed by atoms with Crippen molar-refractivity contribution in [2.24, 2.45) is 11.1 Å². The number of carbonyl (C=O) groups is 1. The van der Waals surface area contributed by atoms with E-state index in [1.165, 1.54) is 5.57 Å². The number of allylic oxidation sites excluding steroid dienone is 3. The number of Topliss-reactive ketones (excluding diaryl/α,β-unsaturated/α-hetero) is 1. The summed E-state index contributed by atoms with van der Waals surface area (Å²) >= 11 is 0. The van der Waals surface area contributed by atoms with Crippen LogP contribution in [0.4, 0.5) is 0 Å². The van der Waals surface area contributed by atoms with Crippen molar-refractivity contribution in [3.8, 4) is 0 Å². The Morgan fingerprint density at radius 3 is 2.36 bits per heavy atom. The molecule has 0 aromatic heterocycles. The Morgan fingerprint density at radius 1 is 1.36 bits per heavy atom. The maximum atomic E-state index is 11.3. The van der Waals surface area contributed by atoms with E-state index in [-0.39, 0.29) is 17.7 Å². The number of hydrogen-bond acceptors (Lipinski definition) is 2. The molecule has 1 rings (SSSR count). The molecule has 0 fully saturated rings. The fourth-order valence-corrected chi connectivity index (χ4v) is 1.63. The third kappa shape index (κ3) is 2.55. The molecule has 0 atom stereocenters. The molecule has 0 bridgehead atoms. The van der Waals surface area contributed by atoms with Crippen molar-refractivity contribution in [2.45, 2.75) is 33.6 Å². The quantitative estimate of drug-likeness (QED) is 0.730. The van der Waals surface area contributed by atoms with Crippen LogP contribution in [0.15, 0.2) is 23.3 Å². The molecule has 0 saturated heterocycles. The zero-order valence-corrected chi connectivity index (χ0v) is 9.26. The summed E-state index contributed by atoms with van der Waals surface area (Å²) in [7, 11) is 0. The molecule has 0 amide bonds. The van der Waals surface area contributed by atoms with Crippen LogP contribution in [0.5, 0.6) is 0 Å². The molecule has 0 unspecified atom stereocenters. The first kappa shape index (κ1) is 11.2. The van der Waals surface area contributed by atoms with E-state index < -0.39 is 0 Å².